The molecule has 1 aliphatic heterocycles. The van der Waals surface area contributed by atoms with E-state index in [2.05, 4.69) is 10.2 Å². The number of methoxy groups -OCH3 is 1. The summed E-state index contributed by atoms with van der Waals surface area (Å²) in [4.78, 5) is 29.1. The highest BCUT2D eigenvalue weighted by Crippen LogP contribution is 2.21. The van der Waals surface area contributed by atoms with Gasteiger partial charge in [0.25, 0.3) is 5.91 Å². The molecule has 0 saturated carbocycles. The van der Waals surface area contributed by atoms with Crippen molar-refractivity contribution in [3.05, 3.63) is 89.7 Å². The SMILES string of the molecule is COc1ccc(CC(=O)N2CCN(c3ccc(NC(=O)c4cccc(F)c4)cc3)CC2)cc1. The molecular weight excluding hydrogens is 421 g/mol. The monoisotopic (exact) mass is 447 g/mol. The van der Waals surface area contributed by atoms with E-state index in [9.17, 15) is 14.0 Å². The van der Waals surface area contributed by atoms with E-state index in [0.717, 1.165) is 30.1 Å². The highest BCUT2D eigenvalue weighted by molar-refractivity contribution is 6.04. The molecule has 0 radical (unpaired) electrons. The smallest absolute Gasteiger partial charge is 0.255 e. The summed E-state index contributed by atoms with van der Waals surface area (Å²) in [5.74, 6) is 0.0976. The van der Waals surface area contributed by atoms with E-state index in [1.54, 1.807) is 13.2 Å². The Hall–Kier alpha value is -3.87. The van der Waals surface area contributed by atoms with Crippen LogP contribution < -0.4 is 15.0 Å². The van der Waals surface area contributed by atoms with Gasteiger partial charge in [0.1, 0.15) is 11.6 Å². The summed E-state index contributed by atoms with van der Waals surface area (Å²) in [6.07, 6.45) is 0.379. The second kappa shape index (κ2) is 10.2. The predicted octanol–water partition coefficient (Wildman–Crippen LogP) is 3.98. The first-order valence-corrected chi connectivity index (χ1v) is 10.8. The molecule has 33 heavy (non-hydrogen) atoms. The molecule has 0 bridgehead atoms. The largest absolute Gasteiger partial charge is 0.497 e. The molecule has 1 saturated heterocycles. The number of amides is 2. The number of rotatable bonds is 6. The second-order valence-electron chi connectivity index (χ2n) is 7.90. The summed E-state index contributed by atoms with van der Waals surface area (Å²) in [6, 6.07) is 20.7. The van der Waals surface area contributed by atoms with Gasteiger partial charge in [-0.05, 0) is 60.2 Å². The third-order valence-electron chi connectivity index (χ3n) is 5.72. The molecule has 2 amide bonds. The maximum Gasteiger partial charge on any atom is 0.255 e. The second-order valence-corrected chi connectivity index (χ2v) is 7.90. The van der Waals surface area contributed by atoms with Crippen LogP contribution >= 0.6 is 0 Å². The normalized spacial score (nSPS) is 13.5. The first kappa shape index (κ1) is 22.3. The zero-order valence-corrected chi connectivity index (χ0v) is 18.5. The minimum atomic E-state index is -0.445. The molecule has 3 aromatic rings. The van der Waals surface area contributed by atoms with Crippen molar-refractivity contribution in [1.82, 2.24) is 4.90 Å². The van der Waals surface area contributed by atoms with E-state index in [4.69, 9.17) is 4.74 Å². The summed E-state index contributed by atoms with van der Waals surface area (Å²) in [5, 5.41) is 2.78. The summed E-state index contributed by atoms with van der Waals surface area (Å²) < 4.78 is 18.5. The zero-order chi connectivity index (χ0) is 23.2. The fourth-order valence-corrected chi connectivity index (χ4v) is 3.83. The molecule has 4 rings (SSSR count). The Morgan fingerprint density at radius 3 is 2.27 bits per heavy atom. The number of hydrogen-bond donors (Lipinski definition) is 1. The summed E-state index contributed by atoms with van der Waals surface area (Å²) in [7, 11) is 1.62. The maximum absolute atomic E-state index is 13.3. The van der Waals surface area contributed by atoms with Gasteiger partial charge in [-0.15, -0.1) is 0 Å². The number of nitrogens with one attached hydrogen (secondary N) is 1. The summed E-state index contributed by atoms with van der Waals surface area (Å²) in [5.41, 5.74) is 2.91. The Morgan fingerprint density at radius 1 is 0.939 bits per heavy atom. The molecule has 1 heterocycles. The van der Waals surface area contributed by atoms with Crippen LogP contribution in [-0.2, 0) is 11.2 Å². The van der Waals surface area contributed by atoms with Crippen LogP contribution in [0.1, 0.15) is 15.9 Å². The van der Waals surface area contributed by atoms with Gasteiger partial charge in [-0.2, -0.15) is 0 Å². The number of anilines is 2. The Bertz CT molecular complexity index is 1110. The van der Waals surface area contributed by atoms with Gasteiger partial charge in [-0.3, -0.25) is 9.59 Å². The third kappa shape index (κ3) is 5.68. The number of piperazine rings is 1. The molecule has 0 aliphatic carbocycles. The van der Waals surface area contributed by atoms with Crippen LogP contribution in [0.4, 0.5) is 15.8 Å². The molecule has 1 aliphatic rings. The van der Waals surface area contributed by atoms with Crippen molar-refractivity contribution in [3.8, 4) is 5.75 Å². The highest BCUT2D eigenvalue weighted by Gasteiger charge is 2.21. The first-order valence-electron chi connectivity index (χ1n) is 10.8. The van der Waals surface area contributed by atoms with E-state index in [-0.39, 0.29) is 17.4 Å². The maximum atomic E-state index is 13.3. The van der Waals surface area contributed by atoms with Crippen molar-refractivity contribution >= 4 is 23.2 Å². The lowest BCUT2D eigenvalue weighted by atomic mass is 10.1. The van der Waals surface area contributed by atoms with Crippen molar-refractivity contribution in [3.63, 3.8) is 0 Å². The van der Waals surface area contributed by atoms with Gasteiger partial charge in [0.05, 0.1) is 13.5 Å². The molecule has 3 aromatic carbocycles. The van der Waals surface area contributed by atoms with Gasteiger partial charge >= 0.3 is 0 Å². The lowest BCUT2D eigenvalue weighted by Crippen LogP contribution is -2.49. The van der Waals surface area contributed by atoms with Crippen LogP contribution in [0.3, 0.4) is 0 Å². The van der Waals surface area contributed by atoms with Crippen molar-refractivity contribution < 1.29 is 18.7 Å². The van der Waals surface area contributed by atoms with Gasteiger partial charge < -0.3 is 19.9 Å². The quantitative estimate of drug-likeness (QED) is 0.621. The van der Waals surface area contributed by atoms with E-state index >= 15 is 0 Å². The molecule has 7 heteroatoms. The Labute approximate surface area is 192 Å². The van der Waals surface area contributed by atoms with Crippen LogP contribution in [0, 0.1) is 5.82 Å². The molecule has 0 atom stereocenters. The van der Waals surface area contributed by atoms with Crippen molar-refractivity contribution in [2.24, 2.45) is 0 Å². The minimum absolute atomic E-state index is 0.121. The molecular formula is C26H26FN3O3. The molecule has 0 unspecified atom stereocenters. The van der Waals surface area contributed by atoms with Crippen molar-refractivity contribution in [2.45, 2.75) is 6.42 Å². The van der Waals surface area contributed by atoms with E-state index in [1.807, 2.05) is 53.4 Å². The zero-order valence-electron chi connectivity index (χ0n) is 18.5. The van der Waals surface area contributed by atoms with Crippen LogP contribution in [-0.4, -0.2) is 50.0 Å². The summed E-state index contributed by atoms with van der Waals surface area (Å²) >= 11 is 0. The fourth-order valence-electron chi connectivity index (χ4n) is 3.83. The van der Waals surface area contributed by atoms with Gasteiger partial charge in [0.15, 0.2) is 0 Å². The average Bonchev–Trinajstić information content (AvgIpc) is 2.85. The van der Waals surface area contributed by atoms with Crippen LogP contribution in [0.15, 0.2) is 72.8 Å². The minimum Gasteiger partial charge on any atom is -0.497 e. The van der Waals surface area contributed by atoms with Crippen molar-refractivity contribution in [2.75, 3.05) is 43.5 Å². The molecule has 6 nitrogen and oxygen atoms in total. The first-order chi connectivity index (χ1) is 16.0. The standard InChI is InChI=1S/C26H26FN3O3/c1-33-24-11-5-19(6-12-24)17-25(31)30-15-13-29(14-16-30)23-9-7-22(8-10-23)28-26(32)20-3-2-4-21(27)18-20/h2-12,18H,13-17H2,1H3,(H,28,32). The van der Waals surface area contributed by atoms with Gasteiger partial charge in [0.2, 0.25) is 5.91 Å². The molecule has 0 aromatic heterocycles. The van der Waals surface area contributed by atoms with Crippen LogP contribution in [0.5, 0.6) is 5.75 Å². The van der Waals surface area contributed by atoms with Gasteiger partial charge in [-0.25, -0.2) is 4.39 Å². The number of carbonyl (C=O) groups is 2. The number of ether oxygens (including phenoxy) is 1. The molecule has 0 spiro atoms. The van der Waals surface area contributed by atoms with Gasteiger partial charge in [-0.1, -0.05) is 18.2 Å². The number of carbonyl (C=O) groups excluding carboxylic acids is 2. The Balaban J connectivity index is 1.28. The number of halogens is 1. The number of nitrogens with zero attached hydrogens (tertiary/aromatic N) is 2. The average molecular weight is 448 g/mol. The number of benzene rings is 3. The number of hydrogen-bond acceptors (Lipinski definition) is 4. The fraction of sp³-hybridized carbons (Fsp3) is 0.231. The Kier molecular flexibility index (Phi) is 6.88. The van der Waals surface area contributed by atoms with Gasteiger partial charge in [0, 0.05) is 43.1 Å². The summed E-state index contributed by atoms with van der Waals surface area (Å²) in [6.45, 7) is 2.80. The van der Waals surface area contributed by atoms with Crippen LogP contribution in [0.25, 0.3) is 0 Å². The van der Waals surface area contributed by atoms with Crippen molar-refractivity contribution in [1.29, 1.82) is 0 Å². The highest BCUT2D eigenvalue weighted by atomic mass is 19.1. The predicted molar refractivity (Wildman–Crippen MR) is 126 cm³/mol. The lowest BCUT2D eigenvalue weighted by Gasteiger charge is -2.36. The lowest BCUT2D eigenvalue weighted by molar-refractivity contribution is -0.130. The molecule has 170 valence electrons. The molecule has 1 N–H and O–H groups in total. The topological polar surface area (TPSA) is 61.9 Å². The van der Waals surface area contributed by atoms with Crippen LogP contribution in [0.2, 0.25) is 0 Å². The molecule has 1 fully saturated rings. The van der Waals surface area contributed by atoms with E-state index < -0.39 is 5.82 Å². The third-order valence-corrected chi connectivity index (χ3v) is 5.72. The van der Waals surface area contributed by atoms with E-state index in [0.29, 0.717) is 25.2 Å². The van der Waals surface area contributed by atoms with E-state index in [1.165, 1.54) is 18.2 Å². The Morgan fingerprint density at radius 2 is 1.64 bits per heavy atom.